The van der Waals surface area contributed by atoms with E-state index < -0.39 is 12.1 Å². The van der Waals surface area contributed by atoms with Crippen LogP contribution in [-0.2, 0) is 16.0 Å². The second kappa shape index (κ2) is 8.24. The van der Waals surface area contributed by atoms with E-state index in [1.54, 1.807) is 12.1 Å². The Balaban J connectivity index is 2.11. The molecule has 0 spiro atoms. The minimum atomic E-state index is -0.838. The number of carbonyl (C=O) groups excluding carboxylic acids is 2. The zero-order valence-electron chi connectivity index (χ0n) is 14.2. The highest BCUT2D eigenvalue weighted by atomic mass is 16.5. The SMILES string of the molecule is CCc1cccc(C)c1NC(=O)C(CC)OC(=O)c1ccncc1. The van der Waals surface area contributed by atoms with E-state index >= 15 is 0 Å². The van der Waals surface area contributed by atoms with Gasteiger partial charge in [-0.1, -0.05) is 32.0 Å². The van der Waals surface area contributed by atoms with Gasteiger partial charge in [-0.25, -0.2) is 4.79 Å². The topological polar surface area (TPSA) is 68.3 Å². The quantitative estimate of drug-likeness (QED) is 0.825. The fourth-order valence-electron chi connectivity index (χ4n) is 2.41. The van der Waals surface area contributed by atoms with Gasteiger partial charge in [0.1, 0.15) is 0 Å². The summed E-state index contributed by atoms with van der Waals surface area (Å²) >= 11 is 0. The number of anilines is 1. The Labute approximate surface area is 142 Å². The second-order valence-electron chi connectivity index (χ2n) is 5.49. The lowest BCUT2D eigenvalue weighted by Crippen LogP contribution is -2.32. The molecule has 0 aliphatic rings. The van der Waals surface area contributed by atoms with Crippen molar-refractivity contribution in [2.24, 2.45) is 0 Å². The maximum Gasteiger partial charge on any atom is 0.339 e. The van der Waals surface area contributed by atoms with Gasteiger partial charge in [0.2, 0.25) is 0 Å². The van der Waals surface area contributed by atoms with E-state index in [4.69, 9.17) is 4.74 Å². The Morgan fingerprint density at radius 1 is 1.17 bits per heavy atom. The number of ether oxygens (including phenoxy) is 1. The Morgan fingerprint density at radius 2 is 1.88 bits per heavy atom. The summed E-state index contributed by atoms with van der Waals surface area (Å²) in [6, 6.07) is 9.00. The second-order valence-corrected chi connectivity index (χ2v) is 5.49. The number of pyridine rings is 1. The summed E-state index contributed by atoms with van der Waals surface area (Å²) in [5.41, 5.74) is 3.21. The molecule has 5 nitrogen and oxygen atoms in total. The first-order valence-corrected chi connectivity index (χ1v) is 8.07. The number of aryl methyl sites for hydroxylation is 2. The third kappa shape index (κ3) is 4.19. The van der Waals surface area contributed by atoms with Gasteiger partial charge in [0, 0.05) is 18.1 Å². The fraction of sp³-hybridized carbons (Fsp3) is 0.316. The number of hydrogen-bond acceptors (Lipinski definition) is 4. The van der Waals surface area contributed by atoms with E-state index in [1.165, 1.54) is 12.4 Å². The average molecular weight is 326 g/mol. The standard InChI is InChI=1S/C19H22N2O3/c1-4-14-8-6-7-13(3)17(14)21-18(22)16(5-2)24-19(23)15-9-11-20-12-10-15/h6-12,16H,4-5H2,1-3H3,(H,21,22). The van der Waals surface area contributed by atoms with Gasteiger partial charge < -0.3 is 10.1 Å². The zero-order valence-corrected chi connectivity index (χ0v) is 14.2. The molecule has 1 heterocycles. The molecule has 1 N–H and O–H groups in total. The average Bonchev–Trinajstić information content (AvgIpc) is 2.61. The van der Waals surface area contributed by atoms with Crippen LogP contribution >= 0.6 is 0 Å². The predicted molar refractivity (Wildman–Crippen MR) is 92.9 cm³/mol. The van der Waals surface area contributed by atoms with Crippen LogP contribution in [0.25, 0.3) is 0 Å². The number of rotatable bonds is 6. The summed E-state index contributed by atoms with van der Waals surface area (Å²) in [6.07, 6.45) is 3.40. The van der Waals surface area contributed by atoms with Gasteiger partial charge in [0.15, 0.2) is 6.10 Å². The molecule has 1 unspecified atom stereocenters. The molecule has 2 rings (SSSR count). The van der Waals surface area contributed by atoms with Crippen molar-refractivity contribution in [1.82, 2.24) is 4.98 Å². The fourth-order valence-corrected chi connectivity index (χ4v) is 2.41. The highest BCUT2D eigenvalue weighted by Gasteiger charge is 2.23. The van der Waals surface area contributed by atoms with Crippen LogP contribution in [0.3, 0.4) is 0 Å². The van der Waals surface area contributed by atoms with Gasteiger partial charge in [0.25, 0.3) is 5.91 Å². The monoisotopic (exact) mass is 326 g/mol. The molecule has 5 heteroatoms. The van der Waals surface area contributed by atoms with E-state index in [1.807, 2.05) is 39.0 Å². The maximum absolute atomic E-state index is 12.5. The molecule has 0 saturated heterocycles. The Morgan fingerprint density at radius 3 is 2.50 bits per heavy atom. The van der Waals surface area contributed by atoms with Crippen LogP contribution in [0.15, 0.2) is 42.7 Å². The molecule has 126 valence electrons. The molecule has 1 amide bonds. The van der Waals surface area contributed by atoms with Crippen molar-refractivity contribution in [3.63, 3.8) is 0 Å². The summed E-state index contributed by atoms with van der Waals surface area (Å²) in [5, 5.41) is 2.91. The van der Waals surface area contributed by atoms with Crippen molar-refractivity contribution < 1.29 is 14.3 Å². The maximum atomic E-state index is 12.5. The number of carbonyl (C=O) groups is 2. The van der Waals surface area contributed by atoms with Crippen molar-refractivity contribution in [3.05, 3.63) is 59.4 Å². The number of nitrogens with zero attached hydrogens (tertiary/aromatic N) is 1. The zero-order chi connectivity index (χ0) is 17.5. The number of esters is 1. The molecule has 1 aromatic carbocycles. The van der Waals surface area contributed by atoms with E-state index in [0.29, 0.717) is 12.0 Å². The molecule has 24 heavy (non-hydrogen) atoms. The summed E-state index contributed by atoms with van der Waals surface area (Å²) in [7, 11) is 0. The number of aromatic nitrogens is 1. The third-order valence-electron chi connectivity index (χ3n) is 3.82. The third-order valence-corrected chi connectivity index (χ3v) is 3.82. The van der Waals surface area contributed by atoms with E-state index in [0.717, 1.165) is 23.2 Å². The normalized spacial score (nSPS) is 11.6. The van der Waals surface area contributed by atoms with Crippen LogP contribution in [0.4, 0.5) is 5.69 Å². The number of benzene rings is 1. The van der Waals surface area contributed by atoms with Crippen LogP contribution < -0.4 is 5.32 Å². The molecule has 1 atom stereocenters. The Bertz CT molecular complexity index is 714. The van der Waals surface area contributed by atoms with Crippen molar-refractivity contribution in [1.29, 1.82) is 0 Å². The van der Waals surface area contributed by atoms with E-state index in [2.05, 4.69) is 10.3 Å². The lowest BCUT2D eigenvalue weighted by atomic mass is 10.1. The summed E-state index contributed by atoms with van der Waals surface area (Å²) in [4.78, 5) is 28.5. The summed E-state index contributed by atoms with van der Waals surface area (Å²) in [6.45, 7) is 5.78. The molecule has 1 aromatic heterocycles. The number of nitrogens with one attached hydrogen (secondary N) is 1. The Kier molecular flexibility index (Phi) is 6.07. The largest absolute Gasteiger partial charge is 0.449 e. The molecule has 0 bridgehead atoms. The van der Waals surface area contributed by atoms with Crippen molar-refractivity contribution in [2.75, 3.05) is 5.32 Å². The minimum Gasteiger partial charge on any atom is -0.449 e. The summed E-state index contributed by atoms with van der Waals surface area (Å²) in [5.74, 6) is -0.844. The van der Waals surface area contributed by atoms with E-state index in [-0.39, 0.29) is 5.91 Å². The highest BCUT2D eigenvalue weighted by molar-refractivity contribution is 5.98. The van der Waals surface area contributed by atoms with Gasteiger partial charge in [-0.3, -0.25) is 9.78 Å². The molecular formula is C19H22N2O3. The van der Waals surface area contributed by atoms with Crippen LogP contribution in [-0.4, -0.2) is 23.0 Å². The van der Waals surface area contributed by atoms with Gasteiger partial charge in [0.05, 0.1) is 5.56 Å². The molecule has 2 aromatic rings. The van der Waals surface area contributed by atoms with Crippen LogP contribution in [0, 0.1) is 6.92 Å². The molecule has 0 aliphatic carbocycles. The van der Waals surface area contributed by atoms with Crippen LogP contribution in [0.5, 0.6) is 0 Å². The Hall–Kier alpha value is -2.69. The van der Waals surface area contributed by atoms with Crippen LogP contribution in [0.1, 0.15) is 41.8 Å². The number of hydrogen-bond donors (Lipinski definition) is 1. The lowest BCUT2D eigenvalue weighted by Gasteiger charge is -2.18. The minimum absolute atomic E-state index is 0.316. The smallest absolute Gasteiger partial charge is 0.339 e. The first-order valence-electron chi connectivity index (χ1n) is 8.07. The van der Waals surface area contributed by atoms with Gasteiger partial charge >= 0.3 is 5.97 Å². The number of para-hydroxylation sites is 1. The highest BCUT2D eigenvalue weighted by Crippen LogP contribution is 2.22. The van der Waals surface area contributed by atoms with E-state index in [9.17, 15) is 9.59 Å². The van der Waals surface area contributed by atoms with Crippen LogP contribution in [0.2, 0.25) is 0 Å². The number of amides is 1. The predicted octanol–water partition coefficient (Wildman–Crippen LogP) is 3.53. The lowest BCUT2D eigenvalue weighted by molar-refractivity contribution is -0.124. The van der Waals surface area contributed by atoms with Crippen molar-refractivity contribution >= 4 is 17.6 Å². The molecule has 0 aliphatic heterocycles. The van der Waals surface area contributed by atoms with Crippen molar-refractivity contribution in [2.45, 2.75) is 39.7 Å². The van der Waals surface area contributed by atoms with Gasteiger partial charge in [-0.15, -0.1) is 0 Å². The first kappa shape index (κ1) is 17.7. The first-order chi connectivity index (χ1) is 11.6. The molecule has 0 saturated carbocycles. The summed E-state index contributed by atoms with van der Waals surface area (Å²) < 4.78 is 5.35. The molecule has 0 fully saturated rings. The van der Waals surface area contributed by atoms with Gasteiger partial charge in [-0.05, 0) is 43.0 Å². The molecular weight excluding hydrogens is 304 g/mol. The van der Waals surface area contributed by atoms with Gasteiger partial charge in [-0.2, -0.15) is 0 Å². The molecule has 0 radical (unpaired) electrons. The van der Waals surface area contributed by atoms with Crippen molar-refractivity contribution in [3.8, 4) is 0 Å².